The number of halogens is 1. The highest BCUT2D eigenvalue weighted by Gasteiger charge is 2.55. The lowest BCUT2D eigenvalue weighted by Crippen LogP contribution is -2.66. The Morgan fingerprint density at radius 1 is 0.981 bits per heavy atom. The van der Waals surface area contributed by atoms with E-state index in [1.54, 1.807) is 18.3 Å². The maximum atomic E-state index is 13.5. The summed E-state index contributed by atoms with van der Waals surface area (Å²) in [7, 11) is -1.54. The normalized spacial score (nSPS) is 20.2. The van der Waals surface area contributed by atoms with E-state index in [2.05, 4.69) is 50.0 Å². The number of nitrogens with zero attached hydrogens (tertiary/aromatic N) is 2. The highest BCUT2D eigenvalue weighted by atomic mass is 35.5. The predicted molar refractivity (Wildman–Crippen MR) is 211 cm³/mol. The molecule has 1 aliphatic carbocycles. The molecule has 2 aliphatic rings. The van der Waals surface area contributed by atoms with Gasteiger partial charge in [-0.2, -0.15) is 0 Å². The van der Waals surface area contributed by atoms with Gasteiger partial charge in [-0.15, -0.1) is 0 Å². The molecule has 0 saturated carbocycles. The molecule has 1 aromatic heterocycles. The number of phenolic OH excluding ortho intramolecular Hbond substituents is 1. The number of rotatable bonds is 12. The summed E-state index contributed by atoms with van der Waals surface area (Å²) in [6.07, 6.45) is 3.38. The van der Waals surface area contributed by atoms with Crippen molar-refractivity contribution in [3.63, 3.8) is 0 Å². The predicted octanol–water partition coefficient (Wildman–Crippen LogP) is 6.24. The molecule has 2 amide bonds. The molecule has 8 nitrogen and oxygen atoms in total. The van der Waals surface area contributed by atoms with Crippen LogP contribution >= 0.6 is 11.6 Å². The lowest BCUT2D eigenvalue weighted by Gasteiger charge is -2.44. The third-order valence-electron chi connectivity index (χ3n) is 10.8. The van der Waals surface area contributed by atoms with Gasteiger partial charge in [0.1, 0.15) is 5.75 Å². The summed E-state index contributed by atoms with van der Waals surface area (Å²) in [5, 5.41) is 35.4. The average molecular weight is 751 g/mol. The molecule has 0 radical (unpaired) electrons. The van der Waals surface area contributed by atoms with Crippen molar-refractivity contribution in [3.8, 4) is 5.75 Å². The van der Waals surface area contributed by atoms with Crippen molar-refractivity contribution in [3.05, 3.63) is 131 Å². The Bertz CT molecular complexity index is 1960. The Kier molecular flexibility index (Phi) is 11.5. The maximum Gasteiger partial charge on any atom is 0.261 e. The van der Waals surface area contributed by atoms with Gasteiger partial charge in [-0.1, -0.05) is 99.1 Å². The largest absolute Gasteiger partial charge is 0.508 e. The zero-order chi connectivity index (χ0) is 37.9. The topological polar surface area (TPSA) is 120 Å². The van der Waals surface area contributed by atoms with Crippen molar-refractivity contribution < 1.29 is 29.3 Å². The molecule has 10 heteroatoms. The number of pyridine rings is 1. The number of aliphatic hydroxyl groups is 2. The molecule has 6 rings (SSSR count). The molecule has 2 heterocycles. The molecule has 4 atom stereocenters. The average Bonchev–Trinajstić information content (AvgIpc) is 3.37. The zero-order valence-electron chi connectivity index (χ0n) is 30.6. The van der Waals surface area contributed by atoms with Crippen molar-refractivity contribution in [2.24, 2.45) is 17.8 Å². The van der Waals surface area contributed by atoms with E-state index in [0.717, 1.165) is 26.4 Å². The van der Waals surface area contributed by atoms with Gasteiger partial charge in [0, 0.05) is 19.2 Å². The minimum Gasteiger partial charge on any atom is -0.508 e. The number of fused-ring (bicyclic) bond motifs is 1. The molecular weight excluding hydrogens is 704 g/mol. The summed E-state index contributed by atoms with van der Waals surface area (Å²) in [5.74, 6) is -2.76. The number of imide groups is 1. The molecule has 3 aromatic carbocycles. The van der Waals surface area contributed by atoms with Crippen molar-refractivity contribution in [2.45, 2.75) is 51.2 Å². The fourth-order valence-electron chi connectivity index (χ4n) is 8.30. The Morgan fingerprint density at radius 2 is 1.62 bits per heavy atom. The third kappa shape index (κ3) is 7.54. The van der Waals surface area contributed by atoms with Crippen LogP contribution in [0.25, 0.3) is 11.6 Å². The van der Waals surface area contributed by atoms with Gasteiger partial charge in [0.25, 0.3) is 8.32 Å². The number of allylic oxidation sites excluding steroid dienone is 1. The van der Waals surface area contributed by atoms with Gasteiger partial charge >= 0.3 is 0 Å². The number of hydrogen-bond donors (Lipinski definition) is 3. The second kappa shape index (κ2) is 15.9. The number of hydrogen-bond acceptors (Lipinski definition) is 7. The zero-order valence-corrected chi connectivity index (χ0v) is 32.3. The van der Waals surface area contributed by atoms with Crippen LogP contribution in [0.5, 0.6) is 5.75 Å². The number of benzene rings is 3. The van der Waals surface area contributed by atoms with Crippen LogP contribution in [0.3, 0.4) is 0 Å². The van der Waals surface area contributed by atoms with Crippen LogP contribution in [0.1, 0.15) is 51.3 Å². The summed E-state index contributed by atoms with van der Waals surface area (Å²) < 4.78 is 7.34. The van der Waals surface area contributed by atoms with Crippen LogP contribution in [0, 0.1) is 17.8 Å². The molecule has 1 saturated heterocycles. The maximum absolute atomic E-state index is 13.5. The molecule has 53 heavy (non-hydrogen) atoms. The first-order valence-corrected chi connectivity index (χ1v) is 20.3. The van der Waals surface area contributed by atoms with Crippen molar-refractivity contribution >= 4 is 53.8 Å². The highest BCUT2D eigenvalue weighted by molar-refractivity contribution is 6.99. The summed E-state index contributed by atoms with van der Waals surface area (Å²) in [6, 6.07) is 30.9. The first-order valence-electron chi connectivity index (χ1n) is 18.0. The van der Waals surface area contributed by atoms with Crippen LogP contribution in [0.15, 0.2) is 114 Å². The first-order chi connectivity index (χ1) is 25.4. The Hall–Kier alpha value is -4.38. The molecule has 1 aliphatic heterocycles. The highest BCUT2D eigenvalue weighted by Crippen LogP contribution is 2.47. The van der Waals surface area contributed by atoms with E-state index in [9.17, 15) is 24.9 Å². The fraction of sp³-hybridized carbons (Fsp3) is 0.326. The van der Waals surface area contributed by atoms with Gasteiger partial charge in [0.05, 0.1) is 41.9 Å². The van der Waals surface area contributed by atoms with Crippen LogP contribution in [-0.2, 0) is 14.0 Å². The van der Waals surface area contributed by atoms with Crippen molar-refractivity contribution in [2.75, 3.05) is 20.3 Å². The Balaban J connectivity index is 1.42. The first kappa shape index (κ1) is 38.3. The fourth-order valence-corrected chi connectivity index (χ4v) is 13.1. The van der Waals surface area contributed by atoms with E-state index in [1.165, 1.54) is 13.1 Å². The Labute approximate surface area is 317 Å². The lowest BCUT2D eigenvalue weighted by atomic mass is 9.68. The van der Waals surface area contributed by atoms with E-state index in [0.29, 0.717) is 28.3 Å². The summed E-state index contributed by atoms with van der Waals surface area (Å²) in [5.41, 5.74) is 3.50. The summed E-state index contributed by atoms with van der Waals surface area (Å²) >= 11 is 6.50. The number of phenols is 1. The minimum atomic E-state index is -3.03. The van der Waals surface area contributed by atoms with E-state index in [-0.39, 0.29) is 42.1 Å². The number of aromatic hydroxyl groups is 1. The molecule has 0 spiro atoms. The number of likely N-dealkylation sites (tertiary alicyclic amines) is 1. The van der Waals surface area contributed by atoms with Crippen LogP contribution in [0.4, 0.5) is 0 Å². The van der Waals surface area contributed by atoms with Gasteiger partial charge in [-0.05, 0) is 93.4 Å². The summed E-state index contributed by atoms with van der Waals surface area (Å²) in [4.78, 5) is 32.8. The van der Waals surface area contributed by atoms with Gasteiger partial charge in [0.2, 0.25) is 11.8 Å². The quantitative estimate of drug-likeness (QED) is 0.0892. The number of carbonyl (C=O) groups is 2. The molecule has 0 bridgehead atoms. The number of aliphatic hydroxyl groups excluding tert-OH is 2. The third-order valence-corrected chi connectivity index (χ3v) is 16.1. The smallest absolute Gasteiger partial charge is 0.261 e. The number of carbonyl (C=O) groups excluding carboxylic acids is 2. The molecule has 1 fully saturated rings. The van der Waals surface area contributed by atoms with Crippen LogP contribution in [-0.4, -0.2) is 71.7 Å². The minimum absolute atomic E-state index is 0.0537. The lowest BCUT2D eigenvalue weighted by molar-refractivity contribution is -0.138. The second-order valence-electron chi connectivity index (χ2n) is 15.0. The molecule has 3 N–H and O–H groups in total. The Morgan fingerprint density at radius 3 is 2.19 bits per heavy atom. The van der Waals surface area contributed by atoms with Gasteiger partial charge in [-0.25, -0.2) is 0 Å². The van der Waals surface area contributed by atoms with Crippen molar-refractivity contribution in [1.29, 1.82) is 0 Å². The van der Waals surface area contributed by atoms with Gasteiger partial charge < -0.3 is 19.7 Å². The van der Waals surface area contributed by atoms with E-state index in [1.807, 2.05) is 60.7 Å². The summed E-state index contributed by atoms with van der Waals surface area (Å²) in [6.45, 7) is 6.29. The van der Waals surface area contributed by atoms with E-state index in [4.69, 9.17) is 16.0 Å². The van der Waals surface area contributed by atoms with Gasteiger partial charge in [0.15, 0.2) is 0 Å². The molecular formula is C43H47ClN2O6Si. The SMILES string of the molecule is CN1C(=O)[C@@H]2[C@@H](CC(CO[Si](c3ccccc3)(c3ccccc3)C(C)(C)C)=C([C@H](O)CC/C(=C/c3ccc(O)cc3Cl)c3ccccn3)[C@@H]2CO)C1=O. The van der Waals surface area contributed by atoms with Gasteiger partial charge in [-0.3, -0.25) is 19.5 Å². The van der Waals surface area contributed by atoms with Crippen LogP contribution < -0.4 is 10.4 Å². The standard InChI is InChI=1S/C43H47ClN2O6Si/c1-43(2,3)53(32-13-7-5-8-14-32,33-15-9-6-10-16-33)52-27-30-24-34-40(42(51)46(4)41(34)50)35(26-47)39(30)38(49)21-19-29(37-17-11-12-22-45-37)23-28-18-20-31(48)25-36(28)44/h5-18,20,22-23,25,34-35,38,40,47-49H,19,21,24,26-27H2,1-4H3/b29-23-/t34-,35+,38-,40-/m1/s1. The van der Waals surface area contributed by atoms with Crippen molar-refractivity contribution in [1.82, 2.24) is 9.88 Å². The second-order valence-corrected chi connectivity index (χ2v) is 19.7. The van der Waals surface area contributed by atoms with Crippen LogP contribution in [0.2, 0.25) is 10.1 Å². The number of aromatic nitrogens is 1. The molecule has 0 unspecified atom stereocenters. The molecule has 276 valence electrons. The van der Waals surface area contributed by atoms with E-state index < -0.39 is 38.8 Å². The monoisotopic (exact) mass is 750 g/mol. The number of amides is 2. The van der Waals surface area contributed by atoms with E-state index >= 15 is 0 Å². The molecule has 4 aromatic rings.